The second-order valence-corrected chi connectivity index (χ2v) is 9.49. The Hall–Kier alpha value is -1.38. The van der Waals surface area contributed by atoms with Gasteiger partial charge in [0.25, 0.3) is 5.19 Å². The SMILES string of the molecule is CC(C)(C)NCC(O)COc1ncc(NC(=O)OCCCCC2CCCC2)s1. The average molecular weight is 414 g/mol. The molecule has 1 heterocycles. The molecule has 1 saturated carbocycles. The number of nitrogens with zero attached hydrogens (tertiary/aromatic N) is 1. The van der Waals surface area contributed by atoms with E-state index in [1.165, 1.54) is 49.6 Å². The summed E-state index contributed by atoms with van der Waals surface area (Å²) < 4.78 is 10.7. The minimum absolute atomic E-state index is 0.0594. The number of carbonyl (C=O) groups excluding carboxylic acids is 1. The number of anilines is 1. The molecule has 1 aromatic heterocycles. The van der Waals surface area contributed by atoms with Gasteiger partial charge in [0, 0.05) is 12.1 Å². The van der Waals surface area contributed by atoms with Gasteiger partial charge in [-0.3, -0.25) is 5.32 Å². The first-order valence-corrected chi connectivity index (χ1v) is 11.1. The molecule has 2 rings (SSSR count). The van der Waals surface area contributed by atoms with E-state index in [0.717, 1.165) is 18.8 Å². The summed E-state index contributed by atoms with van der Waals surface area (Å²) in [5.74, 6) is 0.882. The molecule has 28 heavy (non-hydrogen) atoms. The summed E-state index contributed by atoms with van der Waals surface area (Å²) in [6.07, 6.45) is 9.17. The number of aliphatic hydroxyl groups excluding tert-OH is 1. The molecular formula is C20H35N3O4S. The highest BCUT2D eigenvalue weighted by Gasteiger charge is 2.15. The van der Waals surface area contributed by atoms with E-state index in [-0.39, 0.29) is 12.1 Å². The fourth-order valence-corrected chi connectivity index (χ4v) is 3.83. The molecule has 7 nitrogen and oxygen atoms in total. The largest absolute Gasteiger partial charge is 0.467 e. The summed E-state index contributed by atoms with van der Waals surface area (Å²) in [5, 5.41) is 16.8. The maximum Gasteiger partial charge on any atom is 0.412 e. The first-order valence-electron chi connectivity index (χ1n) is 10.3. The van der Waals surface area contributed by atoms with Gasteiger partial charge in [-0.05, 0) is 39.5 Å². The molecule has 1 amide bonds. The number of nitrogens with one attached hydrogen (secondary N) is 2. The van der Waals surface area contributed by atoms with Crippen molar-refractivity contribution in [2.24, 2.45) is 5.92 Å². The van der Waals surface area contributed by atoms with Crippen molar-refractivity contribution < 1.29 is 19.4 Å². The van der Waals surface area contributed by atoms with Crippen molar-refractivity contribution in [2.45, 2.75) is 77.4 Å². The van der Waals surface area contributed by atoms with Crippen LogP contribution in [0.4, 0.5) is 9.80 Å². The van der Waals surface area contributed by atoms with Crippen molar-refractivity contribution in [3.63, 3.8) is 0 Å². The summed E-state index contributed by atoms with van der Waals surface area (Å²) in [6.45, 7) is 7.12. The summed E-state index contributed by atoms with van der Waals surface area (Å²) >= 11 is 1.21. The Balaban J connectivity index is 1.56. The molecule has 1 aliphatic rings. The number of hydrogen-bond acceptors (Lipinski definition) is 7. The number of aromatic nitrogens is 1. The number of rotatable bonds is 11. The molecule has 1 fully saturated rings. The third-order valence-corrected chi connectivity index (χ3v) is 5.52. The molecule has 1 atom stereocenters. The van der Waals surface area contributed by atoms with Crippen LogP contribution in [0.2, 0.25) is 0 Å². The Labute approximate surface area is 172 Å². The zero-order chi connectivity index (χ0) is 20.4. The molecule has 0 radical (unpaired) electrons. The van der Waals surface area contributed by atoms with E-state index >= 15 is 0 Å². The van der Waals surface area contributed by atoms with Crippen LogP contribution in [0.25, 0.3) is 0 Å². The topological polar surface area (TPSA) is 92.7 Å². The van der Waals surface area contributed by atoms with Gasteiger partial charge in [-0.15, -0.1) is 0 Å². The zero-order valence-electron chi connectivity index (χ0n) is 17.3. The Morgan fingerprint density at radius 2 is 2.11 bits per heavy atom. The third-order valence-electron chi connectivity index (χ3n) is 4.69. The number of aliphatic hydroxyl groups is 1. The van der Waals surface area contributed by atoms with Crippen LogP contribution >= 0.6 is 11.3 Å². The molecular weight excluding hydrogens is 378 g/mol. The van der Waals surface area contributed by atoms with Crippen molar-refractivity contribution in [2.75, 3.05) is 25.1 Å². The predicted molar refractivity (Wildman–Crippen MR) is 112 cm³/mol. The van der Waals surface area contributed by atoms with E-state index in [4.69, 9.17) is 9.47 Å². The van der Waals surface area contributed by atoms with Crippen LogP contribution in [-0.4, -0.2) is 47.6 Å². The lowest BCUT2D eigenvalue weighted by atomic mass is 10.0. The average Bonchev–Trinajstić information content (AvgIpc) is 3.29. The second kappa shape index (κ2) is 11.6. The van der Waals surface area contributed by atoms with E-state index in [9.17, 15) is 9.90 Å². The smallest absolute Gasteiger partial charge is 0.412 e. The number of β-amino-alcohol motifs (C(OH)–C–C–N with tert-alkyl or cyclic N) is 1. The fourth-order valence-electron chi connectivity index (χ4n) is 3.17. The molecule has 160 valence electrons. The summed E-state index contributed by atoms with van der Waals surface area (Å²) in [6, 6.07) is 0. The number of unbranched alkanes of at least 4 members (excludes halogenated alkanes) is 1. The Morgan fingerprint density at radius 1 is 1.36 bits per heavy atom. The highest BCUT2D eigenvalue weighted by atomic mass is 32.1. The van der Waals surface area contributed by atoms with Crippen LogP contribution in [0.3, 0.4) is 0 Å². The molecule has 1 unspecified atom stereocenters. The lowest BCUT2D eigenvalue weighted by Crippen LogP contribution is -2.42. The monoisotopic (exact) mass is 413 g/mol. The molecule has 0 aromatic carbocycles. The molecule has 0 spiro atoms. The van der Waals surface area contributed by atoms with Crippen molar-refractivity contribution >= 4 is 22.4 Å². The van der Waals surface area contributed by atoms with Crippen LogP contribution in [-0.2, 0) is 4.74 Å². The number of amides is 1. The molecule has 8 heteroatoms. The van der Waals surface area contributed by atoms with E-state index in [1.54, 1.807) is 0 Å². The standard InChI is InChI=1S/C20H35N3O4S/c1-20(2,3)22-12-16(24)14-27-19-21-13-17(28-19)23-18(25)26-11-7-6-10-15-8-4-5-9-15/h13,15-16,22,24H,4-12,14H2,1-3H3,(H,23,25). The number of hydrogen-bond donors (Lipinski definition) is 3. The quantitative estimate of drug-likeness (QED) is 0.471. The molecule has 3 N–H and O–H groups in total. The molecule has 1 aliphatic carbocycles. The van der Waals surface area contributed by atoms with Crippen molar-refractivity contribution in [1.82, 2.24) is 10.3 Å². The number of ether oxygens (including phenoxy) is 2. The Kier molecular flexibility index (Phi) is 9.47. The fraction of sp³-hybridized carbons (Fsp3) is 0.800. The normalized spacial score (nSPS) is 16.1. The third kappa shape index (κ3) is 9.71. The van der Waals surface area contributed by atoms with Crippen molar-refractivity contribution in [3.05, 3.63) is 6.20 Å². The molecule has 1 aromatic rings. The van der Waals surface area contributed by atoms with Crippen LogP contribution in [0.1, 0.15) is 65.7 Å². The highest BCUT2D eigenvalue weighted by Crippen LogP contribution is 2.29. The predicted octanol–water partition coefficient (Wildman–Crippen LogP) is 4.18. The summed E-state index contributed by atoms with van der Waals surface area (Å²) in [4.78, 5) is 15.9. The van der Waals surface area contributed by atoms with Crippen molar-refractivity contribution in [1.29, 1.82) is 0 Å². The highest BCUT2D eigenvalue weighted by molar-refractivity contribution is 7.17. The van der Waals surface area contributed by atoms with E-state index in [1.807, 2.05) is 20.8 Å². The molecule has 0 aliphatic heterocycles. The van der Waals surface area contributed by atoms with Crippen LogP contribution < -0.4 is 15.4 Å². The summed E-state index contributed by atoms with van der Waals surface area (Å²) in [7, 11) is 0. The van der Waals surface area contributed by atoms with Crippen LogP contribution in [0, 0.1) is 5.92 Å². The zero-order valence-corrected chi connectivity index (χ0v) is 18.1. The van der Waals surface area contributed by atoms with Gasteiger partial charge in [-0.25, -0.2) is 9.78 Å². The van der Waals surface area contributed by atoms with Gasteiger partial charge >= 0.3 is 6.09 Å². The molecule has 0 saturated heterocycles. The van der Waals surface area contributed by atoms with Gasteiger partial charge in [0.15, 0.2) is 0 Å². The van der Waals surface area contributed by atoms with Crippen LogP contribution in [0.5, 0.6) is 5.19 Å². The second-order valence-electron chi connectivity index (χ2n) is 8.49. The van der Waals surface area contributed by atoms with Gasteiger partial charge in [-0.2, -0.15) is 0 Å². The Morgan fingerprint density at radius 3 is 2.82 bits per heavy atom. The van der Waals surface area contributed by atoms with Gasteiger partial charge in [0.1, 0.15) is 17.7 Å². The lowest BCUT2D eigenvalue weighted by molar-refractivity contribution is 0.0999. The first-order chi connectivity index (χ1) is 13.3. The minimum atomic E-state index is -0.631. The van der Waals surface area contributed by atoms with Gasteiger partial charge < -0.3 is 19.9 Å². The van der Waals surface area contributed by atoms with Gasteiger partial charge in [0.2, 0.25) is 0 Å². The number of thiazole rings is 1. The van der Waals surface area contributed by atoms with Crippen LogP contribution in [0.15, 0.2) is 6.20 Å². The van der Waals surface area contributed by atoms with Crippen molar-refractivity contribution in [3.8, 4) is 5.19 Å². The Bertz CT molecular complexity index is 582. The summed E-state index contributed by atoms with van der Waals surface area (Å²) in [5.41, 5.74) is -0.0594. The maximum absolute atomic E-state index is 11.8. The molecule has 0 bridgehead atoms. The van der Waals surface area contributed by atoms with E-state index in [0.29, 0.717) is 23.3 Å². The minimum Gasteiger partial charge on any atom is -0.467 e. The lowest BCUT2D eigenvalue weighted by Gasteiger charge is -2.22. The van der Waals surface area contributed by atoms with Gasteiger partial charge in [-0.1, -0.05) is 43.4 Å². The first kappa shape index (κ1) is 22.9. The number of carbonyl (C=O) groups is 1. The van der Waals surface area contributed by atoms with E-state index < -0.39 is 12.2 Å². The van der Waals surface area contributed by atoms with E-state index in [2.05, 4.69) is 15.6 Å². The maximum atomic E-state index is 11.8. The van der Waals surface area contributed by atoms with Gasteiger partial charge in [0.05, 0.1) is 12.8 Å².